The molecule has 0 aromatic carbocycles. The number of amides is 3. The van der Waals surface area contributed by atoms with Gasteiger partial charge < -0.3 is 26.4 Å². The van der Waals surface area contributed by atoms with Gasteiger partial charge in [-0.2, -0.15) is 12.6 Å². The van der Waals surface area contributed by atoms with Crippen LogP contribution in [0, 0.1) is 11.8 Å². The third-order valence-corrected chi connectivity index (χ3v) is 5.88. The Morgan fingerprint density at radius 3 is 2.30 bits per heavy atom. The van der Waals surface area contributed by atoms with Gasteiger partial charge in [0.05, 0.1) is 6.04 Å². The minimum atomic E-state index is -1.13. The summed E-state index contributed by atoms with van der Waals surface area (Å²) in [5, 5.41) is 14.4. The van der Waals surface area contributed by atoms with Gasteiger partial charge >= 0.3 is 5.97 Å². The summed E-state index contributed by atoms with van der Waals surface area (Å²) >= 11 is 4.13. The van der Waals surface area contributed by atoms with E-state index < -0.39 is 42.0 Å². The lowest BCUT2D eigenvalue weighted by Crippen LogP contribution is -2.57. The van der Waals surface area contributed by atoms with Crippen molar-refractivity contribution in [3.63, 3.8) is 0 Å². The fourth-order valence-corrected chi connectivity index (χ4v) is 3.68. The fourth-order valence-electron chi connectivity index (χ4n) is 3.42. The topological polar surface area (TPSA) is 142 Å². The van der Waals surface area contributed by atoms with Gasteiger partial charge in [-0.15, -0.1) is 0 Å². The second-order valence-corrected chi connectivity index (χ2v) is 8.74. The second-order valence-electron chi connectivity index (χ2n) is 8.37. The molecule has 0 bridgehead atoms. The second kappa shape index (κ2) is 12.1. The molecule has 172 valence electrons. The quantitative estimate of drug-likeness (QED) is 0.292. The summed E-state index contributed by atoms with van der Waals surface area (Å²) in [7, 11) is 0. The van der Waals surface area contributed by atoms with E-state index in [1.807, 2.05) is 27.7 Å². The van der Waals surface area contributed by atoms with Crippen LogP contribution in [0.3, 0.4) is 0 Å². The third-order valence-electron chi connectivity index (χ3n) is 5.52. The SMILES string of the molecule is CCC(C)C(N)C(=O)N1CCCC1C(=O)NC(CS)C(=O)NC(CC(C)C)C(=O)O. The number of nitrogens with zero attached hydrogens (tertiary/aromatic N) is 1. The lowest BCUT2D eigenvalue weighted by Gasteiger charge is -2.30. The minimum absolute atomic E-state index is 0.00135. The van der Waals surface area contributed by atoms with Crippen molar-refractivity contribution in [3.8, 4) is 0 Å². The van der Waals surface area contributed by atoms with E-state index in [1.165, 1.54) is 4.90 Å². The highest BCUT2D eigenvalue weighted by Crippen LogP contribution is 2.20. The van der Waals surface area contributed by atoms with Crippen LogP contribution in [0.1, 0.15) is 53.4 Å². The normalized spacial score (nSPS) is 20.4. The number of nitrogens with two attached hydrogens (primary N) is 1. The van der Waals surface area contributed by atoms with Gasteiger partial charge in [0.2, 0.25) is 17.7 Å². The van der Waals surface area contributed by atoms with Crippen molar-refractivity contribution < 1.29 is 24.3 Å². The molecule has 0 spiro atoms. The highest BCUT2D eigenvalue weighted by molar-refractivity contribution is 7.80. The van der Waals surface area contributed by atoms with Gasteiger partial charge in [0, 0.05) is 12.3 Å². The summed E-state index contributed by atoms with van der Waals surface area (Å²) in [5.74, 6) is -2.40. The zero-order chi connectivity index (χ0) is 23.0. The van der Waals surface area contributed by atoms with Gasteiger partial charge in [0.15, 0.2) is 0 Å². The number of carbonyl (C=O) groups is 4. The van der Waals surface area contributed by atoms with Crippen molar-refractivity contribution in [1.29, 1.82) is 0 Å². The molecule has 1 saturated heterocycles. The Balaban J connectivity index is 2.80. The van der Waals surface area contributed by atoms with Crippen molar-refractivity contribution >= 4 is 36.3 Å². The molecule has 1 heterocycles. The van der Waals surface area contributed by atoms with Crippen LogP contribution >= 0.6 is 12.6 Å². The van der Waals surface area contributed by atoms with Gasteiger partial charge in [0.25, 0.3) is 0 Å². The number of nitrogens with one attached hydrogen (secondary N) is 2. The zero-order valence-electron chi connectivity index (χ0n) is 18.3. The number of carboxylic acid groups (broad SMARTS) is 1. The van der Waals surface area contributed by atoms with Crippen LogP contribution < -0.4 is 16.4 Å². The Kier molecular flexibility index (Phi) is 10.6. The number of carbonyl (C=O) groups excluding carboxylic acids is 3. The van der Waals surface area contributed by atoms with Crippen LogP contribution in [0.5, 0.6) is 0 Å². The average Bonchev–Trinajstić information content (AvgIpc) is 3.18. The lowest BCUT2D eigenvalue weighted by molar-refractivity contribution is -0.143. The molecule has 30 heavy (non-hydrogen) atoms. The molecule has 10 heteroatoms. The first kappa shape index (κ1) is 26.2. The molecule has 1 fully saturated rings. The molecule has 0 aliphatic carbocycles. The van der Waals surface area contributed by atoms with Crippen LogP contribution in [-0.4, -0.2) is 70.2 Å². The van der Waals surface area contributed by atoms with E-state index in [2.05, 4.69) is 23.3 Å². The zero-order valence-corrected chi connectivity index (χ0v) is 19.2. The smallest absolute Gasteiger partial charge is 0.326 e. The maximum Gasteiger partial charge on any atom is 0.326 e. The summed E-state index contributed by atoms with van der Waals surface area (Å²) in [6, 6.07) is -3.43. The summed E-state index contributed by atoms with van der Waals surface area (Å²) in [6.45, 7) is 8.00. The third kappa shape index (κ3) is 7.16. The summed E-state index contributed by atoms with van der Waals surface area (Å²) in [5.41, 5.74) is 6.06. The highest BCUT2D eigenvalue weighted by atomic mass is 32.1. The molecule has 5 unspecified atom stereocenters. The molecule has 1 aliphatic heterocycles. The van der Waals surface area contributed by atoms with Crippen LogP contribution in [0.25, 0.3) is 0 Å². The predicted octanol–water partition coefficient (Wildman–Crippen LogP) is 0.381. The number of aliphatic carboxylic acids is 1. The Morgan fingerprint density at radius 1 is 1.17 bits per heavy atom. The van der Waals surface area contributed by atoms with Crippen LogP contribution in [0.4, 0.5) is 0 Å². The number of thiol groups is 1. The lowest BCUT2D eigenvalue weighted by atomic mass is 9.98. The van der Waals surface area contributed by atoms with Crippen LogP contribution in [0.2, 0.25) is 0 Å². The summed E-state index contributed by atoms with van der Waals surface area (Å²) < 4.78 is 0. The van der Waals surface area contributed by atoms with Crippen molar-refractivity contribution in [1.82, 2.24) is 15.5 Å². The van der Waals surface area contributed by atoms with Crippen molar-refractivity contribution in [3.05, 3.63) is 0 Å². The molecule has 3 amide bonds. The molecule has 0 radical (unpaired) electrons. The summed E-state index contributed by atoms with van der Waals surface area (Å²) in [4.78, 5) is 51.0. The van der Waals surface area contributed by atoms with E-state index in [-0.39, 0.29) is 29.9 Å². The number of rotatable bonds is 11. The van der Waals surface area contributed by atoms with Gasteiger partial charge in [-0.25, -0.2) is 4.79 Å². The first-order valence-corrected chi connectivity index (χ1v) is 11.2. The Hall–Kier alpha value is -1.81. The van der Waals surface area contributed by atoms with Gasteiger partial charge in [-0.05, 0) is 31.1 Å². The molecule has 0 aromatic heterocycles. The van der Waals surface area contributed by atoms with Crippen LogP contribution in [-0.2, 0) is 19.2 Å². The van der Waals surface area contributed by atoms with E-state index in [0.717, 1.165) is 6.42 Å². The molecular formula is C20H36N4O5S. The number of carboxylic acids is 1. The Bertz CT molecular complexity index is 630. The van der Waals surface area contributed by atoms with Crippen molar-refractivity contribution in [2.24, 2.45) is 17.6 Å². The maximum atomic E-state index is 12.8. The molecular weight excluding hydrogens is 408 g/mol. The van der Waals surface area contributed by atoms with Gasteiger partial charge in [-0.3, -0.25) is 14.4 Å². The fraction of sp³-hybridized carbons (Fsp3) is 0.800. The summed E-state index contributed by atoms with van der Waals surface area (Å²) in [6.07, 6.45) is 2.18. The van der Waals surface area contributed by atoms with E-state index >= 15 is 0 Å². The van der Waals surface area contributed by atoms with E-state index in [1.54, 1.807) is 0 Å². The van der Waals surface area contributed by atoms with E-state index in [4.69, 9.17) is 5.73 Å². The highest BCUT2D eigenvalue weighted by Gasteiger charge is 2.38. The molecule has 1 aliphatic rings. The molecule has 0 aromatic rings. The molecule has 5 N–H and O–H groups in total. The molecule has 1 rings (SSSR count). The standard InChI is InChI=1S/C20H36N4O5S/c1-5-12(4)16(21)19(27)24-8-6-7-15(24)18(26)23-14(10-30)17(25)22-13(20(28)29)9-11(2)3/h11-16,30H,5-10,21H2,1-4H3,(H,22,25)(H,23,26)(H,28,29). The number of hydrogen-bond donors (Lipinski definition) is 5. The molecule has 0 saturated carbocycles. The van der Waals surface area contributed by atoms with Crippen molar-refractivity contribution in [2.45, 2.75) is 77.5 Å². The van der Waals surface area contributed by atoms with E-state index in [0.29, 0.717) is 19.4 Å². The molecule has 9 nitrogen and oxygen atoms in total. The number of hydrogen-bond acceptors (Lipinski definition) is 6. The maximum absolute atomic E-state index is 12.8. The first-order chi connectivity index (χ1) is 14.0. The van der Waals surface area contributed by atoms with Crippen molar-refractivity contribution in [2.75, 3.05) is 12.3 Å². The largest absolute Gasteiger partial charge is 0.480 e. The van der Waals surface area contributed by atoms with Gasteiger partial charge in [-0.1, -0.05) is 34.1 Å². The Morgan fingerprint density at radius 2 is 1.80 bits per heavy atom. The molecule has 5 atom stereocenters. The predicted molar refractivity (Wildman–Crippen MR) is 117 cm³/mol. The number of likely N-dealkylation sites (tertiary alicyclic amines) is 1. The van der Waals surface area contributed by atoms with Gasteiger partial charge in [0.1, 0.15) is 18.1 Å². The average molecular weight is 445 g/mol. The van der Waals surface area contributed by atoms with Crippen LogP contribution in [0.15, 0.2) is 0 Å². The monoisotopic (exact) mass is 444 g/mol. The minimum Gasteiger partial charge on any atom is -0.480 e. The Labute approximate surface area is 183 Å². The van der Waals surface area contributed by atoms with E-state index in [9.17, 15) is 24.3 Å². The first-order valence-electron chi connectivity index (χ1n) is 10.5.